The molecule has 0 aliphatic heterocycles. The molecule has 0 aromatic heterocycles. The van der Waals surface area contributed by atoms with Crippen molar-refractivity contribution in [2.24, 2.45) is 151 Å². The highest BCUT2D eigenvalue weighted by atomic mass is 14.3. The Hall–Kier alpha value is 0. The van der Waals surface area contributed by atoms with E-state index in [1.54, 1.807) is 0 Å². The van der Waals surface area contributed by atoms with E-state index in [-0.39, 0.29) is 0 Å². The number of unbranched alkanes of at least 4 members (excludes halogenated alkanes) is 9. The van der Waals surface area contributed by atoms with Crippen LogP contribution in [0.3, 0.4) is 0 Å². The minimum atomic E-state index is 0.437. The summed E-state index contributed by atoms with van der Waals surface area (Å²) in [5, 5.41) is 0. The molecule has 0 fully saturated rings. The van der Waals surface area contributed by atoms with Gasteiger partial charge in [0.05, 0.1) is 0 Å². The predicted molar refractivity (Wildman–Crippen MR) is 660 cm³/mol. The van der Waals surface area contributed by atoms with Crippen molar-refractivity contribution in [2.75, 3.05) is 0 Å². The van der Waals surface area contributed by atoms with Gasteiger partial charge < -0.3 is 0 Å². The molecule has 0 radical (unpaired) electrons. The molecule has 0 aliphatic carbocycles. The molecule has 136 heavy (non-hydrogen) atoms. The summed E-state index contributed by atoms with van der Waals surface area (Å²) in [6.07, 6.45) is 63.4. The van der Waals surface area contributed by atoms with Gasteiger partial charge in [0.2, 0.25) is 0 Å². The first-order valence-corrected chi connectivity index (χ1v) is 62.4. The fourth-order valence-electron chi connectivity index (χ4n) is 14.0. The quantitative estimate of drug-likeness (QED) is 0.0533. The number of rotatable bonds is 53. The summed E-state index contributed by atoms with van der Waals surface area (Å²) in [5.74, 6) is 18.2. The summed E-state index contributed by atoms with van der Waals surface area (Å²) in [7, 11) is 0. The van der Waals surface area contributed by atoms with E-state index in [1.165, 1.54) is 295 Å². The van der Waals surface area contributed by atoms with Gasteiger partial charge >= 0.3 is 0 Å². The first-order chi connectivity index (χ1) is 62.4. The highest BCUT2D eigenvalue weighted by Crippen LogP contribution is 2.37. The lowest BCUT2D eigenvalue weighted by Gasteiger charge is -2.34. The van der Waals surface area contributed by atoms with Crippen LogP contribution in [0.4, 0.5) is 0 Å². The maximum Gasteiger partial charge on any atom is -0.0334 e. The van der Waals surface area contributed by atoms with Crippen LogP contribution in [-0.2, 0) is 0 Å². The number of hydrogen-bond acceptors (Lipinski definition) is 0. The van der Waals surface area contributed by atoms with Gasteiger partial charge in [-0.3, -0.25) is 0 Å². The third-order valence-corrected chi connectivity index (χ3v) is 30.7. The molecule has 0 aromatic carbocycles. The van der Waals surface area contributed by atoms with Crippen LogP contribution in [0.1, 0.15) is 738 Å². The van der Waals surface area contributed by atoms with Gasteiger partial charge in [0.1, 0.15) is 0 Å². The second-order valence-corrected chi connectivity index (χ2v) is 53.5. The van der Waals surface area contributed by atoms with Gasteiger partial charge in [-0.05, 0) is 177 Å². The van der Waals surface area contributed by atoms with Crippen LogP contribution in [0.5, 0.6) is 0 Å². The van der Waals surface area contributed by atoms with Gasteiger partial charge in [-0.25, -0.2) is 0 Å². The number of hydrogen-bond donors (Lipinski definition) is 0. The Labute approximate surface area is 883 Å². The van der Waals surface area contributed by atoms with Crippen LogP contribution in [0.25, 0.3) is 0 Å². The maximum atomic E-state index is 2.36. The highest BCUT2D eigenvalue weighted by molar-refractivity contribution is 4.77. The first-order valence-electron chi connectivity index (χ1n) is 62.4. The summed E-state index contributed by atoms with van der Waals surface area (Å²) in [5.41, 5.74) is 3.07. The second kappa shape index (κ2) is 120. The molecular formula is C136H304. The average molecular weight is 1940 g/mol. The molecule has 0 N–H and O–H groups in total. The van der Waals surface area contributed by atoms with Crippen LogP contribution in [0.15, 0.2) is 0 Å². The van der Waals surface area contributed by atoms with Gasteiger partial charge in [0.15, 0.2) is 0 Å². The SMILES string of the molecule is CC(C)(C)C(C)(C)C.CC(C)CCCC(C)C.CCC(C)(C)C(C)C.CCC(C)C(C)(C)C.CCC(C)C(C)CC.CCC(C)CC(C)C.CCC(C)CCC(C)C.CCC(CC)C(C)C.CCCC(C)(C)CC.CCCC(C)CC(C)C.CCCC(CC)CC.CCCCC(C)C(C)C.CCCCC(C)CCC.CCCCCC(C)(C)C.CCCCCC(C)CC.CCCCCCC(C)C. The molecule has 0 aliphatic rings. The van der Waals surface area contributed by atoms with Crippen molar-refractivity contribution in [3.05, 3.63) is 0 Å². The van der Waals surface area contributed by atoms with E-state index in [4.69, 9.17) is 0 Å². The molecule has 0 amide bonds. The summed E-state index contributed by atoms with van der Waals surface area (Å²) in [6.45, 7) is 147. The molecule has 0 spiro atoms. The Kier molecular flexibility index (Phi) is 152. The lowest BCUT2D eigenvalue weighted by atomic mass is 9.71. The third-order valence-electron chi connectivity index (χ3n) is 30.7. The van der Waals surface area contributed by atoms with Crippen LogP contribution in [0, 0.1) is 151 Å². The van der Waals surface area contributed by atoms with E-state index in [1.807, 2.05) is 0 Å². The largest absolute Gasteiger partial charge is 0.0654 e. The van der Waals surface area contributed by atoms with Crippen molar-refractivity contribution in [2.45, 2.75) is 738 Å². The summed E-state index contributed by atoms with van der Waals surface area (Å²) < 4.78 is 0. The zero-order chi connectivity index (χ0) is 111. The molecule has 0 rings (SSSR count). The summed E-state index contributed by atoms with van der Waals surface area (Å²) in [6, 6.07) is 0. The highest BCUT2D eigenvalue weighted by Gasteiger charge is 2.27. The van der Waals surface area contributed by atoms with Crippen molar-refractivity contribution >= 4 is 0 Å². The Morgan fingerprint density at radius 3 is 0.750 bits per heavy atom. The normalized spacial score (nSPS) is 13.3. The van der Waals surface area contributed by atoms with Gasteiger partial charge in [0.25, 0.3) is 0 Å². The second-order valence-electron chi connectivity index (χ2n) is 53.5. The van der Waals surface area contributed by atoms with Gasteiger partial charge in [0, 0.05) is 0 Å². The van der Waals surface area contributed by atoms with Gasteiger partial charge in [-0.1, -0.05) is 713 Å². The predicted octanol–water partition coefficient (Wildman–Crippen LogP) is 53.2. The Morgan fingerprint density at radius 1 is 0.199 bits per heavy atom. The molecule has 0 saturated carbocycles. The van der Waals surface area contributed by atoms with Crippen LogP contribution < -0.4 is 0 Å². The van der Waals surface area contributed by atoms with E-state index in [0.29, 0.717) is 32.5 Å². The summed E-state index contributed by atoms with van der Waals surface area (Å²) >= 11 is 0. The zero-order valence-electron chi connectivity index (χ0n) is 111. The monoisotopic (exact) mass is 1940 g/mol. The fraction of sp³-hybridized carbons (Fsp3) is 1.00. The van der Waals surface area contributed by atoms with Crippen molar-refractivity contribution < 1.29 is 0 Å². The van der Waals surface area contributed by atoms with Gasteiger partial charge in [-0.2, -0.15) is 0 Å². The van der Waals surface area contributed by atoms with Crippen LogP contribution in [0.2, 0.25) is 0 Å². The van der Waals surface area contributed by atoms with Crippen molar-refractivity contribution in [3.8, 4) is 0 Å². The molecule has 0 aromatic rings. The van der Waals surface area contributed by atoms with E-state index in [2.05, 4.69) is 443 Å². The topological polar surface area (TPSA) is 0 Å². The molecule has 9 atom stereocenters. The molecule has 9 unspecified atom stereocenters. The fourth-order valence-corrected chi connectivity index (χ4v) is 14.0. The van der Waals surface area contributed by atoms with Crippen molar-refractivity contribution in [1.82, 2.24) is 0 Å². The Bertz CT molecular complexity index is 1920. The maximum absolute atomic E-state index is 2.36. The minimum Gasteiger partial charge on any atom is -0.0654 e. The van der Waals surface area contributed by atoms with Crippen LogP contribution >= 0.6 is 0 Å². The van der Waals surface area contributed by atoms with Crippen molar-refractivity contribution in [3.63, 3.8) is 0 Å². The Morgan fingerprint density at radius 2 is 0.529 bits per heavy atom. The summed E-state index contributed by atoms with van der Waals surface area (Å²) in [4.78, 5) is 0. The molecule has 0 heteroatoms. The minimum absolute atomic E-state index is 0.437. The Balaban J connectivity index is -0.0000000807. The lowest BCUT2D eigenvalue weighted by molar-refractivity contribution is 0.157. The molecule has 0 heterocycles. The lowest BCUT2D eigenvalue weighted by Crippen LogP contribution is -2.25. The van der Waals surface area contributed by atoms with Crippen molar-refractivity contribution in [1.29, 1.82) is 0 Å². The van der Waals surface area contributed by atoms with E-state index in [0.717, 1.165) is 118 Å². The standard InChI is InChI=1S/8C9H20.8C8H18/c1-8(2)6-5-7-9(3)4;1-5-9(4)7-6-8(2)3;1-5-6-9(4)7-8(2)3;1-5-6-7-8-9(2,3)4;1-5-6-7-9(4)8(2)3;1-4-5-6-7-8-9(2)3;1-4-6-7-8-9(3)5-2;1-4-6-8-9(3)7-5-2;1-7(2,3)8(4,5)6;1-6-7(2)8(3,4)5;1-6-8(4,5)7(2)3;1-5-8(4)6-7(2)3;1-5-7-8(3,4)6-2;1-5-7(3)8(4)6-2;1-5-8(6-2)7(3)4;1-4-7-8(5-2)6-3/h3*8-9H,5-7H2,1-4H3;5-8H2,1-4H3;8-9H,5-7H2,1-4H3;3*9H,4-8H2,1-3H3;1-6H3;2*7H,6H2,1-5H3;7-8H,5-6H2,1-4H3;5-7H2,1-4H3;2*7-8H,5-6H2,1-4H3;8H,4-7H2,1-3H3. The zero-order valence-corrected chi connectivity index (χ0v) is 111. The molecule has 0 saturated heterocycles. The van der Waals surface area contributed by atoms with E-state index < -0.39 is 0 Å². The van der Waals surface area contributed by atoms with Gasteiger partial charge in [-0.15, -0.1) is 0 Å². The smallest absolute Gasteiger partial charge is 0.0334 e. The van der Waals surface area contributed by atoms with Crippen LogP contribution in [-0.4, -0.2) is 0 Å². The molecule has 848 valence electrons. The first kappa shape index (κ1) is 172. The van der Waals surface area contributed by atoms with E-state index in [9.17, 15) is 0 Å². The molecular weight excluding hydrogens is 1630 g/mol. The van der Waals surface area contributed by atoms with E-state index >= 15 is 0 Å². The molecule has 0 bridgehead atoms. The average Bonchev–Trinajstić information content (AvgIpc) is 0.869. The molecule has 0 nitrogen and oxygen atoms in total. The third kappa shape index (κ3) is 176.